The zero-order valence-electron chi connectivity index (χ0n) is 14.8. The Kier molecular flexibility index (Phi) is 7.91. The van der Waals surface area contributed by atoms with E-state index in [9.17, 15) is 33.6 Å². The third-order valence-electron chi connectivity index (χ3n) is 4.40. The highest BCUT2D eigenvalue weighted by Crippen LogP contribution is 2.29. The highest BCUT2D eigenvalue weighted by atomic mass is 32.2. The number of rotatable bonds is 8. The zero-order chi connectivity index (χ0) is 21.9. The van der Waals surface area contributed by atoms with Gasteiger partial charge in [-0.05, 0) is 12.5 Å². The number of nitrogens with one attached hydrogen (secondary N) is 1. The van der Waals surface area contributed by atoms with Crippen LogP contribution in [0.15, 0.2) is 11.8 Å². The Bertz CT molecular complexity index is 712. The van der Waals surface area contributed by atoms with Gasteiger partial charge in [0.2, 0.25) is 12.0 Å². The summed E-state index contributed by atoms with van der Waals surface area (Å²) in [5, 5.41) is 58.0. The average Bonchev–Trinajstić information content (AvgIpc) is 2.62. The Hall–Kier alpha value is -1.40. The molecule has 15 heteroatoms. The minimum Gasteiger partial charge on any atom is -0.475 e. The number of carboxylic acids is 1. The van der Waals surface area contributed by atoms with Crippen LogP contribution in [0, 0.1) is 0 Å². The maximum absolute atomic E-state index is 11.2. The number of hydrogen-bond acceptors (Lipinski definition) is 11. The molecule has 0 unspecified atom stereocenters. The number of carbonyl (C=O) groups is 1. The Labute approximate surface area is 164 Å². The molecule has 8 atom stereocenters. The number of aliphatic hydroxyl groups is 5. The molecule has 0 bridgehead atoms. The lowest BCUT2D eigenvalue weighted by Crippen LogP contribution is -2.66. The van der Waals surface area contributed by atoms with E-state index >= 15 is 0 Å². The monoisotopic (exact) mass is 445 g/mol. The first-order valence-electron chi connectivity index (χ1n) is 8.41. The smallest absolute Gasteiger partial charge is 0.371 e. The lowest BCUT2D eigenvalue weighted by Gasteiger charge is -2.45. The molecule has 0 saturated carbocycles. The van der Waals surface area contributed by atoms with Crippen molar-refractivity contribution in [2.45, 2.75) is 55.4 Å². The first-order valence-corrected chi connectivity index (χ1v) is 9.85. The predicted molar refractivity (Wildman–Crippen MR) is 89.4 cm³/mol. The Morgan fingerprint density at radius 1 is 1.17 bits per heavy atom. The second-order valence-corrected chi connectivity index (χ2v) is 7.61. The van der Waals surface area contributed by atoms with Gasteiger partial charge >= 0.3 is 16.3 Å². The van der Waals surface area contributed by atoms with E-state index in [1.165, 1.54) is 0 Å². The maximum Gasteiger partial charge on any atom is 0.371 e. The first-order chi connectivity index (χ1) is 13.5. The van der Waals surface area contributed by atoms with Crippen LogP contribution in [0.25, 0.3) is 0 Å². The molecule has 168 valence electrons. The van der Waals surface area contributed by atoms with Crippen LogP contribution in [0.1, 0.15) is 6.42 Å². The second-order valence-electron chi connectivity index (χ2n) is 6.42. The fourth-order valence-electron chi connectivity index (χ4n) is 3.07. The third kappa shape index (κ3) is 5.82. The zero-order valence-corrected chi connectivity index (χ0v) is 15.6. The van der Waals surface area contributed by atoms with Crippen LogP contribution < -0.4 is 4.72 Å². The molecule has 1 saturated heterocycles. The standard InChI is InChI=1S/C14H23NO13S/c16-2-1-6-9(15-29(23,24)25)11(20)12(8(4-17)26-6)28-14-10(19)5(18)3-7(27-14)13(21)22/h3,5-6,8-12,14-20H,1-2,4H2,(H,21,22)(H,23,24,25)/t5-,6-,8+,9-,10+,11+,12+,14+/m0/s1. The molecule has 0 aromatic heterocycles. The minimum atomic E-state index is -4.83. The Morgan fingerprint density at radius 3 is 2.34 bits per heavy atom. The first kappa shape index (κ1) is 23.9. The summed E-state index contributed by atoms with van der Waals surface area (Å²) >= 11 is 0. The fourth-order valence-corrected chi connectivity index (χ4v) is 3.71. The number of hydrogen-bond donors (Lipinski definition) is 8. The molecule has 2 heterocycles. The van der Waals surface area contributed by atoms with Crippen molar-refractivity contribution in [3.63, 3.8) is 0 Å². The quantitative estimate of drug-likeness (QED) is 0.165. The normalized spacial score (nSPS) is 38.2. The van der Waals surface area contributed by atoms with Gasteiger partial charge < -0.3 is 44.8 Å². The van der Waals surface area contributed by atoms with Gasteiger partial charge in [-0.15, -0.1) is 0 Å². The molecule has 29 heavy (non-hydrogen) atoms. The SMILES string of the molecule is O=C(O)C1=C[C@H](O)[C@@H](O)[C@@H](O[C@H]2[C@H](O)[C@@H](NS(=O)(=O)O)[C@H](CCO)O[C@@H]2CO)O1. The molecule has 0 aliphatic carbocycles. The lowest BCUT2D eigenvalue weighted by molar-refractivity contribution is -0.284. The molecule has 0 aromatic rings. The summed E-state index contributed by atoms with van der Waals surface area (Å²) in [7, 11) is -4.83. The largest absolute Gasteiger partial charge is 0.475 e. The summed E-state index contributed by atoms with van der Waals surface area (Å²) < 4.78 is 48.9. The molecule has 0 spiro atoms. The van der Waals surface area contributed by atoms with Crippen LogP contribution >= 0.6 is 0 Å². The molecule has 2 aliphatic heterocycles. The van der Waals surface area contributed by atoms with Crippen LogP contribution in [0.5, 0.6) is 0 Å². The summed E-state index contributed by atoms with van der Waals surface area (Å²) in [6.07, 6.45) is -10.6. The van der Waals surface area contributed by atoms with E-state index < -0.39 is 84.2 Å². The number of carboxylic acid groups (broad SMARTS) is 1. The molecule has 0 amide bonds. The fraction of sp³-hybridized carbons (Fsp3) is 0.786. The van der Waals surface area contributed by atoms with Gasteiger partial charge in [0.15, 0.2) is 0 Å². The summed E-state index contributed by atoms with van der Waals surface area (Å²) in [6, 6.07) is -1.54. The van der Waals surface area contributed by atoms with Crippen LogP contribution in [-0.4, -0.2) is 112 Å². The van der Waals surface area contributed by atoms with Crippen molar-refractivity contribution in [1.29, 1.82) is 0 Å². The van der Waals surface area contributed by atoms with Crippen molar-refractivity contribution in [2.24, 2.45) is 0 Å². The van der Waals surface area contributed by atoms with E-state index in [0.29, 0.717) is 0 Å². The van der Waals surface area contributed by atoms with E-state index in [0.717, 1.165) is 6.08 Å². The van der Waals surface area contributed by atoms with Gasteiger partial charge in [0, 0.05) is 6.61 Å². The van der Waals surface area contributed by atoms with E-state index in [1.54, 1.807) is 4.72 Å². The Balaban J connectivity index is 2.27. The molecular formula is C14H23NO13S. The van der Waals surface area contributed by atoms with Crippen LogP contribution in [0.2, 0.25) is 0 Å². The van der Waals surface area contributed by atoms with E-state index in [2.05, 4.69) is 0 Å². The predicted octanol–water partition coefficient (Wildman–Crippen LogP) is -4.32. The topological polar surface area (TPSA) is 233 Å². The summed E-state index contributed by atoms with van der Waals surface area (Å²) in [5.74, 6) is -2.32. The molecule has 0 radical (unpaired) electrons. The van der Waals surface area contributed by atoms with Crippen molar-refractivity contribution in [3.05, 3.63) is 11.8 Å². The highest BCUT2D eigenvalue weighted by Gasteiger charge is 2.49. The van der Waals surface area contributed by atoms with Gasteiger partial charge in [-0.1, -0.05) is 0 Å². The van der Waals surface area contributed by atoms with Gasteiger partial charge in [0.1, 0.15) is 30.5 Å². The van der Waals surface area contributed by atoms with Gasteiger partial charge in [-0.25, -0.2) is 4.79 Å². The van der Waals surface area contributed by atoms with Gasteiger partial charge in [-0.3, -0.25) is 4.55 Å². The van der Waals surface area contributed by atoms with Crippen molar-refractivity contribution >= 4 is 16.3 Å². The molecule has 2 rings (SSSR count). The van der Waals surface area contributed by atoms with E-state index in [4.69, 9.17) is 29.0 Å². The van der Waals surface area contributed by atoms with Crippen molar-refractivity contribution in [1.82, 2.24) is 4.72 Å². The van der Waals surface area contributed by atoms with E-state index in [-0.39, 0.29) is 6.42 Å². The maximum atomic E-state index is 11.2. The summed E-state index contributed by atoms with van der Waals surface area (Å²) in [4.78, 5) is 11.1. The number of aliphatic carboxylic acids is 1. The number of aliphatic hydroxyl groups excluding tert-OH is 5. The highest BCUT2D eigenvalue weighted by molar-refractivity contribution is 7.83. The van der Waals surface area contributed by atoms with Gasteiger partial charge in [-0.2, -0.15) is 13.1 Å². The molecule has 8 N–H and O–H groups in total. The van der Waals surface area contributed by atoms with Crippen LogP contribution in [0.4, 0.5) is 0 Å². The van der Waals surface area contributed by atoms with Crippen molar-refractivity contribution in [2.75, 3.05) is 13.2 Å². The molecule has 0 aromatic carbocycles. The van der Waals surface area contributed by atoms with Crippen molar-refractivity contribution < 1.29 is 62.6 Å². The summed E-state index contributed by atoms with van der Waals surface area (Å²) in [6.45, 7) is -1.23. The minimum absolute atomic E-state index is 0.180. The second kappa shape index (κ2) is 9.61. The third-order valence-corrected chi connectivity index (χ3v) is 4.97. The van der Waals surface area contributed by atoms with Gasteiger partial charge in [0.25, 0.3) is 0 Å². The lowest BCUT2D eigenvalue weighted by atomic mass is 9.91. The summed E-state index contributed by atoms with van der Waals surface area (Å²) in [5.41, 5.74) is 0. The van der Waals surface area contributed by atoms with Crippen LogP contribution in [-0.2, 0) is 29.3 Å². The molecule has 2 aliphatic rings. The van der Waals surface area contributed by atoms with Crippen LogP contribution in [0.3, 0.4) is 0 Å². The molecule has 1 fully saturated rings. The van der Waals surface area contributed by atoms with Crippen molar-refractivity contribution in [3.8, 4) is 0 Å². The van der Waals surface area contributed by atoms with E-state index in [1.807, 2.05) is 0 Å². The Morgan fingerprint density at radius 2 is 1.83 bits per heavy atom. The average molecular weight is 445 g/mol. The van der Waals surface area contributed by atoms with Gasteiger partial charge in [0.05, 0.1) is 18.8 Å². The molecule has 14 nitrogen and oxygen atoms in total. The molecular weight excluding hydrogens is 422 g/mol. The number of ether oxygens (including phenoxy) is 3.